The van der Waals surface area contributed by atoms with Crippen LogP contribution in [0.1, 0.15) is 27.7 Å². The molecule has 1 atom stereocenters. The molecular formula is C15H22FN3O2. The Hall–Kier alpha value is -1.85. The van der Waals surface area contributed by atoms with Gasteiger partial charge in [-0.05, 0) is 39.8 Å². The van der Waals surface area contributed by atoms with Crippen molar-refractivity contribution in [3.8, 4) is 0 Å². The molecule has 116 valence electrons. The van der Waals surface area contributed by atoms with Gasteiger partial charge in [-0.2, -0.15) is 0 Å². The highest BCUT2D eigenvalue weighted by Crippen LogP contribution is 2.20. The molecule has 0 spiro atoms. The van der Waals surface area contributed by atoms with E-state index in [2.05, 4.69) is 9.88 Å². The minimum atomic E-state index is -0.490. The molecule has 0 N–H and O–H groups in total. The summed E-state index contributed by atoms with van der Waals surface area (Å²) >= 11 is 0. The third-order valence-electron chi connectivity index (χ3n) is 3.29. The van der Waals surface area contributed by atoms with E-state index >= 15 is 0 Å². The van der Waals surface area contributed by atoms with Crippen molar-refractivity contribution in [1.29, 1.82) is 0 Å². The number of aromatic nitrogens is 1. The van der Waals surface area contributed by atoms with Gasteiger partial charge in [-0.15, -0.1) is 0 Å². The molecule has 5 nitrogen and oxygen atoms in total. The highest BCUT2D eigenvalue weighted by molar-refractivity contribution is 5.68. The minimum absolute atomic E-state index is 0.101. The van der Waals surface area contributed by atoms with Crippen LogP contribution in [0.3, 0.4) is 0 Å². The average Bonchev–Trinajstić information content (AvgIpc) is 2.38. The van der Waals surface area contributed by atoms with E-state index in [1.165, 1.54) is 12.3 Å². The highest BCUT2D eigenvalue weighted by atomic mass is 19.1. The third-order valence-corrected chi connectivity index (χ3v) is 3.29. The molecule has 0 aromatic carbocycles. The Balaban J connectivity index is 1.99. The van der Waals surface area contributed by atoms with Crippen LogP contribution in [0.5, 0.6) is 0 Å². The van der Waals surface area contributed by atoms with Crippen molar-refractivity contribution in [2.75, 3.05) is 24.5 Å². The maximum absolute atomic E-state index is 12.9. The van der Waals surface area contributed by atoms with Crippen LogP contribution in [-0.4, -0.2) is 47.3 Å². The Morgan fingerprint density at radius 2 is 2.10 bits per heavy atom. The first-order valence-corrected chi connectivity index (χ1v) is 7.12. The number of piperazine rings is 1. The number of rotatable bonds is 1. The molecule has 1 aliphatic rings. The SMILES string of the molecule is CC1CN(C(=O)OC(C)(C)C)CCN1c1ccc(F)cn1. The summed E-state index contributed by atoms with van der Waals surface area (Å²) in [6.45, 7) is 9.36. The van der Waals surface area contributed by atoms with Crippen LogP contribution in [0, 0.1) is 5.82 Å². The number of hydrogen-bond acceptors (Lipinski definition) is 4. The van der Waals surface area contributed by atoms with E-state index in [1.54, 1.807) is 11.0 Å². The van der Waals surface area contributed by atoms with Crippen LogP contribution < -0.4 is 4.90 Å². The number of carbonyl (C=O) groups excluding carboxylic acids is 1. The second-order valence-electron chi connectivity index (χ2n) is 6.30. The largest absolute Gasteiger partial charge is 0.444 e. The number of anilines is 1. The van der Waals surface area contributed by atoms with Crippen molar-refractivity contribution >= 4 is 11.9 Å². The van der Waals surface area contributed by atoms with Crippen LogP contribution >= 0.6 is 0 Å². The van der Waals surface area contributed by atoms with Gasteiger partial charge >= 0.3 is 6.09 Å². The van der Waals surface area contributed by atoms with E-state index in [4.69, 9.17) is 4.74 Å². The molecule has 0 bridgehead atoms. The van der Waals surface area contributed by atoms with Crippen molar-refractivity contribution < 1.29 is 13.9 Å². The van der Waals surface area contributed by atoms with E-state index in [1.807, 2.05) is 27.7 Å². The number of hydrogen-bond donors (Lipinski definition) is 0. The molecule has 1 aromatic rings. The molecule has 0 saturated carbocycles. The Kier molecular flexibility index (Phi) is 4.34. The zero-order valence-electron chi connectivity index (χ0n) is 13.0. The van der Waals surface area contributed by atoms with Crippen molar-refractivity contribution in [2.45, 2.75) is 39.3 Å². The van der Waals surface area contributed by atoms with Gasteiger partial charge in [0, 0.05) is 25.7 Å². The predicted molar refractivity (Wildman–Crippen MR) is 78.8 cm³/mol. The predicted octanol–water partition coefficient (Wildman–Crippen LogP) is 2.67. The Morgan fingerprint density at radius 1 is 1.38 bits per heavy atom. The van der Waals surface area contributed by atoms with E-state index in [0.29, 0.717) is 19.6 Å². The van der Waals surface area contributed by atoms with Gasteiger partial charge in [0.25, 0.3) is 0 Å². The van der Waals surface area contributed by atoms with Crippen LogP contribution in [0.25, 0.3) is 0 Å². The van der Waals surface area contributed by atoms with E-state index < -0.39 is 5.60 Å². The maximum Gasteiger partial charge on any atom is 0.410 e. The number of halogens is 1. The number of amides is 1. The summed E-state index contributed by atoms with van der Waals surface area (Å²) in [4.78, 5) is 19.9. The summed E-state index contributed by atoms with van der Waals surface area (Å²) in [5, 5.41) is 0. The Morgan fingerprint density at radius 3 is 2.62 bits per heavy atom. The second kappa shape index (κ2) is 5.87. The highest BCUT2D eigenvalue weighted by Gasteiger charge is 2.30. The van der Waals surface area contributed by atoms with E-state index in [9.17, 15) is 9.18 Å². The first-order chi connectivity index (χ1) is 9.76. The van der Waals surface area contributed by atoms with Crippen molar-refractivity contribution in [3.05, 3.63) is 24.1 Å². The lowest BCUT2D eigenvalue weighted by atomic mass is 10.2. The molecule has 1 fully saturated rings. The summed E-state index contributed by atoms with van der Waals surface area (Å²) in [7, 11) is 0. The molecule has 0 aliphatic carbocycles. The van der Waals surface area contributed by atoms with Crippen molar-refractivity contribution in [2.24, 2.45) is 0 Å². The fraction of sp³-hybridized carbons (Fsp3) is 0.600. The molecule has 1 aliphatic heterocycles. The molecule has 1 amide bonds. The third kappa shape index (κ3) is 4.06. The monoisotopic (exact) mass is 295 g/mol. The van der Waals surface area contributed by atoms with E-state index in [0.717, 1.165) is 5.82 Å². The van der Waals surface area contributed by atoms with Crippen LogP contribution in [0.4, 0.5) is 15.0 Å². The molecule has 2 rings (SSSR count). The van der Waals surface area contributed by atoms with Gasteiger partial charge in [0.1, 0.15) is 17.2 Å². The lowest BCUT2D eigenvalue weighted by Gasteiger charge is -2.40. The van der Waals surface area contributed by atoms with Crippen LogP contribution in [0.15, 0.2) is 18.3 Å². The number of nitrogens with zero attached hydrogens (tertiary/aromatic N) is 3. The molecule has 21 heavy (non-hydrogen) atoms. The van der Waals surface area contributed by atoms with Gasteiger partial charge in [-0.3, -0.25) is 0 Å². The second-order valence-corrected chi connectivity index (χ2v) is 6.30. The fourth-order valence-electron chi connectivity index (χ4n) is 2.33. The van der Waals surface area contributed by atoms with Gasteiger partial charge in [0.05, 0.1) is 6.20 Å². The summed E-state index contributed by atoms with van der Waals surface area (Å²) in [6.07, 6.45) is 0.920. The van der Waals surface area contributed by atoms with Gasteiger partial charge in [0.2, 0.25) is 0 Å². The topological polar surface area (TPSA) is 45.7 Å². The normalized spacial score (nSPS) is 19.6. The van der Waals surface area contributed by atoms with Gasteiger partial charge in [0.15, 0.2) is 0 Å². The summed E-state index contributed by atoms with van der Waals surface area (Å²) in [5.41, 5.74) is -0.490. The number of carbonyl (C=O) groups is 1. The lowest BCUT2D eigenvalue weighted by molar-refractivity contribution is 0.0218. The van der Waals surface area contributed by atoms with Crippen molar-refractivity contribution in [3.63, 3.8) is 0 Å². The quantitative estimate of drug-likeness (QED) is 0.799. The molecule has 6 heteroatoms. The average molecular weight is 295 g/mol. The standard InChI is InChI=1S/C15H22FN3O2/c1-11-10-18(14(20)21-15(2,3)4)7-8-19(11)13-6-5-12(16)9-17-13/h5-6,9,11H,7-8,10H2,1-4H3. The molecule has 2 heterocycles. The van der Waals surface area contributed by atoms with Crippen LogP contribution in [-0.2, 0) is 4.74 Å². The summed E-state index contributed by atoms with van der Waals surface area (Å²) < 4.78 is 18.3. The fourth-order valence-corrected chi connectivity index (χ4v) is 2.33. The zero-order chi connectivity index (χ0) is 15.6. The first-order valence-electron chi connectivity index (χ1n) is 7.12. The molecule has 1 saturated heterocycles. The minimum Gasteiger partial charge on any atom is -0.444 e. The molecule has 0 radical (unpaired) electrons. The van der Waals surface area contributed by atoms with Gasteiger partial charge in [-0.1, -0.05) is 0 Å². The number of pyridine rings is 1. The number of ether oxygens (including phenoxy) is 1. The van der Waals surface area contributed by atoms with Crippen LogP contribution in [0.2, 0.25) is 0 Å². The molecule has 1 aromatic heterocycles. The van der Waals surface area contributed by atoms with E-state index in [-0.39, 0.29) is 18.0 Å². The first kappa shape index (κ1) is 15.5. The molecule has 1 unspecified atom stereocenters. The van der Waals surface area contributed by atoms with Crippen molar-refractivity contribution in [1.82, 2.24) is 9.88 Å². The summed E-state index contributed by atoms with van der Waals surface area (Å²) in [6, 6.07) is 3.16. The smallest absolute Gasteiger partial charge is 0.410 e. The Bertz CT molecular complexity index is 499. The maximum atomic E-state index is 12.9. The lowest BCUT2D eigenvalue weighted by Crippen LogP contribution is -2.54. The Labute approximate surface area is 124 Å². The molecular weight excluding hydrogens is 273 g/mol. The van der Waals surface area contributed by atoms with Gasteiger partial charge in [-0.25, -0.2) is 14.2 Å². The summed E-state index contributed by atoms with van der Waals surface area (Å²) in [5.74, 6) is 0.381. The zero-order valence-corrected chi connectivity index (χ0v) is 13.0. The van der Waals surface area contributed by atoms with Gasteiger partial charge < -0.3 is 14.5 Å².